The number of rotatable bonds is 5. The third-order valence-corrected chi connectivity index (χ3v) is 3.99. The highest BCUT2D eigenvalue weighted by Crippen LogP contribution is 2.39. The van der Waals surface area contributed by atoms with Gasteiger partial charge in [-0.2, -0.15) is 0 Å². The summed E-state index contributed by atoms with van der Waals surface area (Å²) >= 11 is 0. The van der Waals surface area contributed by atoms with Crippen LogP contribution in [0.2, 0.25) is 0 Å². The Morgan fingerprint density at radius 1 is 1.27 bits per heavy atom. The normalized spacial score (nSPS) is 32.8. The average molecular weight is 210 g/mol. The Labute approximate surface area is 94.2 Å². The number of nitrogens with two attached hydrogens (primary N) is 1. The van der Waals surface area contributed by atoms with Crippen LogP contribution in [0.3, 0.4) is 0 Å². The topological polar surface area (TPSA) is 29.3 Å². The lowest BCUT2D eigenvalue weighted by molar-refractivity contribution is 0.185. The summed E-state index contributed by atoms with van der Waals surface area (Å²) in [4.78, 5) is 2.79. The lowest BCUT2D eigenvalue weighted by atomic mass is 9.90. The van der Waals surface area contributed by atoms with E-state index in [1.54, 1.807) is 0 Å². The molecule has 1 heterocycles. The first-order valence-electron chi connectivity index (χ1n) is 6.68. The second-order valence-electron chi connectivity index (χ2n) is 5.79. The Morgan fingerprint density at radius 3 is 2.53 bits per heavy atom. The molecular weight excluding hydrogens is 184 g/mol. The van der Waals surface area contributed by atoms with E-state index in [1.807, 2.05) is 0 Å². The smallest absolute Gasteiger partial charge is 0.0130 e. The van der Waals surface area contributed by atoms with Gasteiger partial charge < -0.3 is 5.73 Å². The predicted octanol–water partition coefficient (Wildman–Crippen LogP) is 2.23. The van der Waals surface area contributed by atoms with Crippen LogP contribution in [-0.2, 0) is 0 Å². The summed E-state index contributed by atoms with van der Waals surface area (Å²) in [5.41, 5.74) is 5.72. The molecule has 2 aliphatic rings. The van der Waals surface area contributed by atoms with Crippen molar-refractivity contribution in [1.82, 2.24) is 4.90 Å². The van der Waals surface area contributed by atoms with Crippen LogP contribution < -0.4 is 5.73 Å². The molecule has 2 rings (SSSR count). The zero-order valence-electron chi connectivity index (χ0n) is 10.3. The lowest BCUT2D eigenvalue weighted by Gasteiger charge is -2.29. The van der Waals surface area contributed by atoms with Crippen molar-refractivity contribution < 1.29 is 0 Å². The zero-order valence-corrected chi connectivity index (χ0v) is 10.3. The summed E-state index contributed by atoms with van der Waals surface area (Å²) in [6.45, 7) is 6.91. The minimum Gasteiger partial charge on any atom is -0.330 e. The highest BCUT2D eigenvalue weighted by Gasteiger charge is 2.41. The largest absolute Gasteiger partial charge is 0.330 e. The van der Waals surface area contributed by atoms with Gasteiger partial charge in [-0.1, -0.05) is 13.8 Å². The monoisotopic (exact) mass is 210 g/mol. The van der Waals surface area contributed by atoms with E-state index in [9.17, 15) is 0 Å². The Bertz CT molecular complexity index is 199. The van der Waals surface area contributed by atoms with E-state index in [4.69, 9.17) is 5.73 Å². The van der Waals surface area contributed by atoms with Crippen LogP contribution in [0.1, 0.15) is 46.0 Å². The van der Waals surface area contributed by atoms with Crippen LogP contribution in [0.25, 0.3) is 0 Å². The number of hydrogen-bond acceptors (Lipinski definition) is 2. The Morgan fingerprint density at radius 2 is 2.00 bits per heavy atom. The van der Waals surface area contributed by atoms with Crippen molar-refractivity contribution in [3.8, 4) is 0 Å². The van der Waals surface area contributed by atoms with Gasteiger partial charge in [0.2, 0.25) is 0 Å². The molecule has 2 atom stereocenters. The van der Waals surface area contributed by atoms with E-state index < -0.39 is 0 Å². The molecule has 2 N–H and O–H groups in total. The molecule has 0 radical (unpaired) electrons. The molecule has 2 nitrogen and oxygen atoms in total. The molecule has 0 aromatic heterocycles. The molecule has 2 heteroatoms. The molecular formula is C13H26N2. The average Bonchev–Trinajstić information content (AvgIpc) is 2.93. The van der Waals surface area contributed by atoms with Crippen LogP contribution >= 0.6 is 0 Å². The summed E-state index contributed by atoms with van der Waals surface area (Å²) in [5, 5.41) is 0. The third-order valence-electron chi connectivity index (χ3n) is 3.99. The first-order chi connectivity index (χ1) is 7.22. The van der Waals surface area contributed by atoms with Crippen molar-refractivity contribution in [2.24, 2.45) is 17.6 Å². The highest BCUT2D eigenvalue weighted by atomic mass is 15.2. The number of likely N-dealkylation sites (tertiary alicyclic amines) is 1. The molecule has 0 amide bonds. The van der Waals surface area contributed by atoms with Crippen LogP contribution in [0.15, 0.2) is 0 Å². The number of hydrogen-bond donors (Lipinski definition) is 1. The molecule has 0 spiro atoms. The quantitative estimate of drug-likeness (QED) is 0.754. The second kappa shape index (κ2) is 4.84. The minimum atomic E-state index is 0.828. The van der Waals surface area contributed by atoms with E-state index in [0.717, 1.165) is 30.5 Å². The fourth-order valence-corrected chi connectivity index (χ4v) is 3.17. The molecule has 1 aliphatic heterocycles. The third kappa shape index (κ3) is 2.73. The van der Waals surface area contributed by atoms with E-state index in [2.05, 4.69) is 18.7 Å². The van der Waals surface area contributed by atoms with Crippen molar-refractivity contribution >= 4 is 0 Å². The molecule has 1 saturated heterocycles. The van der Waals surface area contributed by atoms with Crippen LogP contribution in [0, 0.1) is 11.8 Å². The second-order valence-corrected chi connectivity index (χ2v) is 5.79. The van der Waals surface area contributed by atoms with Crippen molar-refractivity contribution in [2.75, 3.05) is 13.1 Å². The van der Waals surface area contributed by atoms with E-state index in [-0.39, 0.29) is 0 Å². The Kier molecular flexibility index (Phi) is 3.68. The summed E-state index contributed by atoms with van der Waals surface area (Å²) in [7, 11) is 0. The molecule has 15 heavy (non-hydrogen) atoms. The maximum Gasteiger partial charge on any atom is 0.0130 e. The zero-order chi connectivity index (χ0) is 10.8. The van der Waals surface area contributed by atoms with Gasteiger partial charge >= 0.3 is 0 Å². The highest BCUT2D eigenvalue weighted by molar-refractivity contribution is 4.96. The molecule has 0 bridgehead atoms. The van der Waals surface area contributed by atoms with Gasteiger partial charge in [0.15, 0.2) is 0 Å². The maximum absolute atomic E-state index is 5.72. The summed E-state index contributed by atoms with van der Waals surface area (Å²) in [5.74, 6) is 1.72. The lowest BCUT2D eigenvalue weighted by Crippen LogP contribution is -2.36. The van der Waals surface area contributed by atoms with Crippen LogP contribution in [0.5, 0.6) is 0 Å². The van der Waals surface area contributed by atoms with Crippen LogP contribution in [-0.4, -0.2) is 30.1 Å². The van der Waals surface area contributed by atoms with Crippen molar-refractivity contribution in [3.05, 3.63) is 0 Å². The van der Waals surface area contributed by atoms with Gasteiger partial charge in [0.1, 0.15) is 0 Å². The molecule has 0 aromatic carbocycles. The van der Waals surface area contributed by atoms with E-state index in [0.29, 0.717) is 0 Å². The fraction of sp³-hybridized carbons (Fsp3) is 1.00. The molecule has 0 aromatic rings. The first-order valence-corrected chi connectivity index (χ1v) is 6.68. The minimum absolute atomic E-state index is 0.828. The standard InChI is InChI=1S/C13H26N2/c1-10(2)9-13-11(5-7-14)6-8-15(13)12-3-4-12/h10-13H,3-9,14H2,1-2H3. The Balaban J connectivity index is 1.94. The van der Waals surface area contributed by atoms with Gasteiger partial charge in [0.05, 0.1) is 0 Å². The molecule has 2 fully saturated rings. The summed E-state index contributed by atoms with van der Waals surface area (Å²) in [6, 6.07) is 1.79. The van der Waals surface area contributed by atoms with Crippen LogP contribution in [0.4, 0.5) is 0 Å². The summed E-state index contributed by atoms with van der Waals surface area (Å²) < 4.78 is 0. The molecule has 2 unspecified atom stereocenters. The number of nitrogens with zero attached hydrogens (tertiary/aromatic N) is 1. The SMILES string of the molecule is CC(C)CC1C(CCN)CCN1C1CC1. The molecule has 1 aliphatic carbocycles. The van der Waals surface area contributed by atoms with Gasteiger partial charge in [-0.15, -0.1) is 0 Å². The fourth-order valence-electron chi connectivity index (χ4n) is 3.17. The van der Waals surface area contributed by atoms with Crippen molar-refractivity contribution in [1.29, 1.82) is 0 Å². The van der Waals surface area contributed by atoms with E-state index >= 15 is 0 Å². The molecule has 1 saturated carbocycles. The van der Waals surface area contributed by atoms with Gasteiger partial charge in [0.25, 0.3) is 0 Å². The summed E-state index contributed by atoms with van der Waals surface area (Å²) in [6.07, 6.45) is 6.90. The molecule has 88 valence electrons. The van der Waals surface area contributed by atoms with E-state index in [1.165, 1.54) is 38.6 Å². The van der Waals surface area contributed by atoms with Gasteiger partial charge in [0, 0.05) is 12.1 Å². The van der Waals surface area contributed by atoms with Gasteiger partial charge in [-0.25, -0.2) is 0 Å². The van der Waals surface area contributed by atoms with Gasteiger partial charge in [-0.05, 0) is 57.0 Å². The maximum atomic E-state index is 5.72. The predicted molar refractivity (Wildman–Crippen MR) is 64.7 cm³/mol. The Hall–Kier alpha value is -0.0800. The van der Waals surface area contributed by atoms with Crippen molar-refractivity contribution in [2.45, 2.75) is 58.0 Å². The first kappa shape index (κ1) is 11.4. The van der Waals surface area contributed by atoms with Crippen molar-refractivity contribution in [3.63, 3.8) is 0 Å². The van der Waals surface area contributed by atoms with Gasteiger partial charge in [-0.3, -0.25) is 4.90 Å².